The molecule has 1 heterocycles. The molecule has 2 rings (SSSR count). The number of aryl methyl sites for hydroxylation is 2. The van der Waals surface area contributed by atoms with Crippen molar-refractivity contribution in [2.24, 2.45) is 5.11 Å². The van der Waals surface area contributed by atoms with Crippen LogP contribution in [0.3, 0.4) is 0 Å². The first-order valence-electron chi connectivity index (χ1n) is 5.25. The number of benzene rings is 1. The van der Waals surface area contributed by atoms with Crippen molar-refractivity contribution in [2.45, 2.75) is 19.9 Å². The maximum absolute atomic E-state index is 8.66. The van der Waals surface area contributed by atoms with Gasteiger partial charge in [-0.1, -0.05) is 35.4 Å². The minimum absolute atomic E-state index is 0.432. The summed E-state index contributed by atoms with van der Waals surface area (Å²) in [5.74, 6) is 1.26. The van der Waals surface area contributed by atoms with Gasteiger partial charge >= 0.3 is 0 Å². The molecule has 1 aromatic carbocycles. The van der Waals surface area contributed by atoms with Gasteiger partial charge in [0.15, 0.2) is 5.89 Å². The summed E-state index contributed by atoms with van der Waals surface area (Å²) in [6.45, 7) is 3.59. The van der Waals surface area contributed by atoms with Crippen LogP contribution in [0.1, 0.15) is 29.0 Å². The average molecular weight is 228 g/mol. The first-order chi connectivity index (χ1) is 8.22. The molecule has 0 saturated heterocycles. The zero-order valence-corrected chi connectivity index (χ0v) is 9.66. The summed E-state index contributed by atoms with van der Waals surface area (Å²) in [6.07, 6.45) is 0. The Balaban J connectivity index is 2.50. The van der Waals surface area contributed by atoms with Gasteiger partial charge in [-0.3, -0.25) is 0 Å². The van der Waals surface area contributed by atoms with Gasteiger partial charge in [-0.25, -0.2) is 4.98 Å². The van der Waals surface area contributed by atoms with Gasteiger partial charge in [0.05, 0.1) is 5.69 Å². The molecule has 17 heavy (non-hydrogen) atoms. The average Bonchev–Trinajstić information content (AvgIpc) is 2.66. The molecular formula is C12H12N4O. The Morgan fingerprint density at radius 3 is 2.53 bits per heavy atom. The third-order valence-corrected chi connectivity index (χ3v) is 2.48. The highest BCUT2D eigenvalue weighted by Crippen LogP contribution is 2.28. The number of aromatic nitrogens is 1. The van der Waals surface area contributed by atoms with E-state index in [2.05, 4.69) is 15.0 Å². The SMILES string of the molecule is Cc1nc(C(N=[N+]=[N-])c2ccccc2)c(C)o1. The van der Waals surface area contributed by atoms with Crippen LogP contribution in [0.25, 0.3) is 10.4 Å². The lowest BCUT2D eigenvalue weighted by atomic mass is 10.0. The Kier molecular flexibility index (Phi) is 3.12. The van der Waals surface area contributed by atoms with E-state index in [4.69, 9.17) is 9.95 Å². The topological polar surface area (TPSA) is 74.8 Å². The Hall–Kier alpha value is -2.26. The van der Waals surface area contributed by atoms with E-state index < -0.39 is 6.04 Å². The maximum Gasteiger partial charge on any atom is 0.191 e. The first-order valence-corrected chi connectivity index (χ1v) is 5.25. The third kappa shape index (κ3) is 2.29. The number of oxazole rings is 1. The highest BCUT2D eigenvalue weighted by molar-refractivity contribution is 5.29. The van der Waals surface area contributed by atoms with E-state index in [1.54, 1.807) is 6.92 Å². The van der Waals surface area contributed by atoms with Gasteiger partial charge < -0.3 is 4.42 Å². The molecule has 1 aromatic heterocycles. The second-order valence-electron chi connectivity index (χ2n) is 3.69. The van der Waals surface area contributed by atoms with Gasteiger partial charge in [-0.05, 0) is 18.0 Å². The van der Waals surface area contributed by atoms with Crippen molar-refractivity contribution in [1.29, 1.82) is 0 Å². The van der Waals surface area contributed by atoms with Crippen molar-refractivity contribution in [3.63, 3.8) is 0 Å². The summed E-state index contributed by atoms with van der Waals surface area (Å²) in [6, 6.07) is 9.09. The molecule has 1 unspecified atom stereocenters. The summed E-state index contributed by atoms with van der Waals surface area (Å²) in [7, 11) is 0. The third-order valence-electron chi connectivity index (χ3n) is 2.48. The molecule has 2 aromatic rings. The van der Waals surface area contributed by atoms with E-state index in [0.29, 0.717) is 17.3 Å². The van der Waals surface area contributed by atoms with Gasteiger partial charge in [-0.15, -0.1) is 0 Å². The van der Waals surface area contributed by atoms with Crippen molar-refractivity contribution in [2.75, 3.05) is 0 Å². The van der Waals surface area contributed by atoms with Crippen molar-refractivity contribution in [3.8, 4) is 0 Å². The van der Waals surface area contributed by atoms with Gasteiger partial charge in [0.2, 0.25) is 0 Å². The van der Waals surface area contributed by atoms with Gasteiger partial charge in [0.25, 0.3) is 0 Å². The predicted molar refractivity (Wildman–Crippen MR) is 63.4 cm³/mol. The second kappa shape index (κ2) is 4.72. The number of nitrogens with zero attached hydrogens (tertiary/aromatic N) is 4. The van der Waals surface area contributed by atoms with E-state index >= 15 is 0 Å². The molecule has 0 N–H and O–H groups in total. The molecule has 0 aliphatic carbocycles. The minimum atomic E-state index is -0.432. The van der Waals surface area contributed by atoms with Crippen LogP contribution in [0.4, 0.5) is 0 Å². The number of hydrogen-bond donors (Lipinski definition) is 0. The summed E-state index contributed by atoms with van der Waals surface area (Å²) in [5, 5.41) is 3.80. The molecule has 0 fully saturated rings. The Morgan fingerprint density at radius 2 is 2.00 bits per heavy atom. The lowest BCUT2D eigenvalue weighted by Gasteiger charge is -2.08. The Morgan fingerprint density at radius 1 is 1.29 bits per heavy atom. The molecule has 86 valence electrons. The van der Waals surface area contributed by atoms with Crippen LogP contribution in [-0.2, 0) is 0 Å². The van der Waals surface area contributed by atoms with Gasteiger partial charge in [0.1, 0.15) is 11.8 Å². The highest BCUT2D eigenvalue weighted by Gasteiger charge is 2.19. The summed E-state index contributed by atoms with van der Waals surface area (Å²) >= 11 is 0. The van der Waals surface area contributed by atoms with Crippen LogP contribution in [0, 0.1) is 13.8 Å². The summed E-state index contributed by atoms with van der Waals surface area (Å²) in [4.78, 5) is 7.16. The standard InChI is InChI=1S/C12H12N4O/c1-8-11(14-9(2)17-8)12(15-16-13)10-6-4-3-5-7-10/h3-7,12H,1-2H3. The lowest BCUT2D eigenvalue weighted by Crippen LogP contribution is -1.99. The van der Waals surface area contributed by atoms with Crippen molar-refractivity contribution < 1.29 is 4.42 Å². The van der Waals surface area contributed by atoms with Gasteiger partial charge in [0, 0.05) is 11.8 Å². The number of hydrogen-bond acceptors (Lipinski definition) is 3. The Labute approximate surface area is 98.7 Å². The lowest BCUT2D eigenvalue weighted by molar-refractivity contribution is 0.492. The van der Waals surface area contributed by atoms with E-state index in [1.807, 2.05) is 37.3 Å². The molecule has 1 atom stereocenters. The monoisotopic (exact) mass is 228 g/mol. The molecule has 5 heteroatoms. The van der Waals surface area contributed by atoms with E-state index in [0.717, 1.165) is 5.56 Å². The smallest absolute Gasteiger partial charge is 0.191 e. The molecule has 0 amide bonds. The number of rotatable bonds is 3. The molecular weight excluding hydrogens is 216 g/mol. The maximum atomic E-state index is 8.66. The normalized spacial score (nSPS) is 11.9. The molecule has 5 nitrogen and oxygen atoms in total. The van der Waals surface area contributed by atoms with Crippen molar-refractivity contribution >= 4 is 0 Å². The Bertz CT molecular complexity index is 555. The quantitative estimate of drug-likeness (QED) is 0.456. The molecule has 0 radical (unpaired) electrons. The van der Waals surface area contributed by atoms with Crippen LogP contribution >= 0.6 is 0 Å². The van der Waals surface area contributed by atoms with E-state index in [9.17, 15) is 0 Å². The van der Waals surface area contributed by atoms with Crippen LogP contribution < -0.4 is 0 Å². The summed E-state index contributed by atoms with van der Waals surface area (Å²) in [5.41, 5.74) is 10.2. The largest absolute Gasteiger partial charge is 0.446 e. The fraction of sp³-hybridized carbons (Fsp3) is 0.250. The molecule has 0 aliphatic rings. The zero-order valence-electron chi connectivity index (χ0n) is 9.66. The first kappa shape index (κ1) is 11.2. The fourth-order valence-corrected chi connectivity index (χ4v) is 1.76. The van der Waals surface area contributed by atoms with Crippen molar-refractivity contribution in [3.05, 3.63) is 63.7 Å². The molecule has 0 aliphatic heterocycles. The van der Waals surface area contributed by atoms with Crippen LogP contribution in [0.2, 0.25) is 0 Å². The zero-order chi connectivity index (χ0) is 12.3. The molecule has 0 saturated carbocycles. The minimum Gasteiger partial charge on any atom is -0.446 e. The van der Waals surface area contributed by atoms with E-state index in [-0.39, 0.29) is 0 Å². The van der Waals surface area contributed by atoms with Gasteiger partial charge in [-0.2, -0.15) is 0 Å². The van der Waals surface area contributed by atoms with E-state index in [1.165, 1.54) is 0 Å². The van der Waals surface area contributed by atoms with Crippen LogP contribution in [0.15, 0.2) is 39.9 Å². The van der Waals surface area contributed by atoms with Crippen molar-refractivity contribution in [1.82, 2.24) is 4.98 Å². The second-order valence-corrected chi connectivity index (χ2v) is 3.69. The van der Waals surface area contributed by atoms with Crippen LogP contribution in [-0.4, -0.2) is 4.98 Å². The number of azide groups is 1. The molecule has 0 spiro atoms. The fourth-order valence-electron chi connectivity index (χ4n) is 1.76. The summed E-state index contributed by atoms with van der Waals surface area (Å²) < 4.78 is 5.37. The predicted octanol–water partition coefficient (Wildman–Crippen LogP) is 3.69. The molecule has 0 bridgehead atoms. The van der Waals surface area contributed by atoms with Crippen LogP contribution in [0.5, 0.6) is 0 Å². The highest BCUT2D eigenvalue weighted by atomic mass is 16.4.